The topological polar surface area (TPSA) is 82.8 Å². The zero-order chi connectivity index (χ0) is 14.8. The number of fused-ring (bicyclic) bond motifs is 1. The highest BCUT2D eigenvalue weighted by molar-refractivity contribution is 6.32. The largest absolute Gasteiger partial charge is 0.454 e. The summed E-state index contributed by atoms with van der Waals surface area (Å²) >= 11 is 6.14. The number of carbonyl (C=O) groups is 1. The van der Waals surface area contributed by atoms with Crippen molar-refractivity contribution >= 4 is 17.5 Å². The Morgan fingerprint density at radius 3 is 3.05 bits per heavy atom. The number of primary amides is 1. The van der Waals surface area contributed by atoms with Crippen molar-refractivity contribution in [1.82, 2.24) is 5.32 Å². The number of hydrogen-bond donors (Lipinski definition) is 2. The summed E-state index contributed by atoms with van der Waals surface area (Å²) in [6.45, 7) is 1.46. The summed E-state index contributed by atoms with van der Waals surface area (Å²) in [6.07, 6.45) is 2.15. The van der Waals surface area contributed by atoms with Gasteiger partial charge in [0.25, 0.3) is 0 Å². The van der Waals surface area contributed by atoms with Crippen molar-refractivity contribution in [3.8, 4) is 11.5 Å². The summed E-state index contributed by atoms with van der Waals surface area (Å²) in [7, 11) is 0. The number of nitrogens with one attached hydrogen (secondary N) is 1. The Labute approximate surface area is 127 Å². The van der Waals surface area contributed by atoms with E-state index in [1.165, 1.54) is 0 Å². The van der Waals surface area contributed by atoms with Crippen LogP contribution in [0, 0.1) is 0 Å². The van der Waals surface area contributed by atoms with Gasteiger partial charge in [-0.1, -0.05) is 11.6 Å². The highest BCUT2D eigenvalue weighted by atomic mass is 35.5. The van der Waals surface area contributed by atoms with E-state index < -0.39 is 11.9 Å². The van der Waals surface area contributed by atoms with E-state index in [1.54, 1.807) is 12.1 Å². The van der Waals surface area contributed by atoms with E-state index in [4.69, 9.17) is 31.5 Å². The third-order valence-electron chi connectivity index (χ3n) is 3.64. The molecule has 1 amide bonds. The summed E-state index contributed by atoms with van der Waals surface area (Å²) in [5.74, 6) is 0.563. The van der Waals surface area contributed by atoms with E-state index in [9.17, 15) is 4.79 Å². The molecule has 0 aromatic heterocycles. The Balaban J connectivity index is 1.77. The van der Waals surface area contributed by atoms with Crippen LogP contribution in [0.5, 0.6) is 11.5 Å². The Bertz CT molecular complexity index is 546. The first-order valence-electron chi connectivity index (χ1n) is 6.88. The predicted molar refractivity (Wildman–Crippen MR) is 76.5 cm³/mol. The lowest BCUT2D eigenvalue weighted by atomic mass is 10.0. The van der Waals surface area contributed by atoms with Gasteiger partial charge in [-0.15, -0.1) is 0 Å². The molecule has 7 heteroatoms. The van der Waals surface area contributed by atoms with Crippen LogP contribution in [0.25, 0.3) is 0 Å². The van der Waals surface area contributed by atoms with Gasteiger partial charge in [-0.05, 0) is 30.5 Å². The minimum atomic E-state index is -0.638. The average molecular weight is 313 g/mol. The Morgan fingerprint density at radius 1 is 1.48 bits per heavy atom. The van der Waals surface area contributed by atoms with Crippen LogP contribution < -0.4 is 20.5 Å². The minimum absolute atomic E-state index is 0.122. The minimum Gasteiger partial charge on any atom is -0.454 e. The number of hydrogen-bond acceptors (Lipinski definition) is 5. The molecule has 0 saturated carbocycles. The van der Waals surface area contributed by atoms with E-state index in [1.807, 2.05) is 0 Å². The summed E-state index contributed by atoms with van der Waals surface area (Å²) in [5, 5.41) is 3.55. The van der Waals surface area contributed by atoms with Crippen molar-refractivity contribution in [3.63, 3.8) is 0 Å². The van der Waals surface area contributed by atoms with Crippen molar-refractivity contribution in [2.75, 3.05) is 19.9 Å². The summed E-state index contributed by atoms with van der Waals surface area (Å²) in [4.78, 5) is 11.7. The van der Waals surface area contributed by atoms with Crippen LogP contribution in [-0.4, -0.2) is 32.0 Å². The van der Waals surface area contributed by atoms with Gasteiger partial charge in [0, 0.05) is 13.2 Å². The average Bonchev–Trinajstić information content (AvgIpc) is 3.09. The molecule has 1 saturated heterocycles. The van der Waals surface area contributed by atoms with Crippen LogP contribution in [0.1, 0.15) is 24.4 Å². The molecule has 3 N–H and O–H groups in total. The maximum atomic E-state index is 11.7. The van der Waals surface area contributed by atoms with Crippen LogP contribution in [0.2, 0.25) is 5.02 Å². The van der Waals surface area contributed by atoms with Gasteiger partial charge in [0.15, 0.2) is 11.5 Å². The molecule has 3 rings (SSSR count). The van der Waals surface area contributed by atoms with Gasteiger partial charge < -0.3 is 19.9 Å². The van der Waals surface area contributed by atoms with Gasteiger partial charge in [-0.25, -0.2) is 0 Å². The third-order valence-corrected chi connectivity index (χ3v) is 3.92. The lowest BCUT2D eigenvalue weighted by Gasteiger charge is -2.19. The zero-order valence-electron chi connectivity index (χ0n) is 11.4. The van der Waals surface area contributed by atoms with Crippen LogP contribution in [0.15, 0.2) is 12.1 Å². The highest BCUT2D eigenvalue weighted by Crippen LogP contribution is 2.41. The Hall–Kier alpha value is -1.50. The van der Waals surface area contributed by atoms with Crippen molar-refractivity contribution in [2.45, 2.75) is 25.0 Å². The van der Waals surface area contributed by atoms with Gasteiger partial charge in [0.1, 0.15) is 6.04 Å². The van der Waals surface area contributed by atoms with Crippen LogP contribution in [-0.2, 0) is 9.53 Å². The maximum absolute atomic E-state index is 11.7. The fourth-order valence-corrected chi connectivity index (χ4v) is 2.86. The van der Waals surface area contributed by atoms with Crippen molar-refractivity contribution in [3.05, 3.63) is 22.7 Å². The van der Waals surface area contributed by atoms with E-state index in [2.05, 4.69) is 5.32 Å². The molecule has 2 aliphatic heterocycles. The second-order valence-electron chi connectivity index (χ2n) is 5.12. The predicted octanol–water partition coefficient (Wildman–Crippen LogP) is 1.36. The standard InChI is InChI=1S/C14H17ClN2O4/c15-10-4-8(5-11-13(10)21-7-20-11)12(14(16)18)17-6-9-2-1-3-19-9/h4-5,9,12,17H,1-3,6-7H2,(H2,16,18). The molecule has 114 valence electrons. The van der Waals surface area contributed by atoms with E-state index in [0.717, 1.165) is 19.4 Å². The Morgan fingerprint density at radius 2 is 2.33 bits per heavy atom. The van der Waals surface area contributed by atoms with Crippen molar-refractivity contribution in [2.24, 2.45) is 5.73 Å². The molecular formula is C14H17ClN2O4. The molecule has 0 bridgehead atoms. The first-order valence-corrected chi connectivity index (χ1v) is 7.26. The summed E-state index contributed by atoms with van der Waals surface area (Å²) in [5.41, 5.74) is 6.15. The molecule has 21 heavy (non-hydrogen) atoms. The molecule has 2 atom stereocenters. The molecule has 0 aliphatic carbocycles. The van der Waals surface area contributed by atoms with Gasteiger partial charge in [0.05, 0.1) is 11.1 Å². The fourth-order valence-electron chi connectivity index (χ4n) is 2.59. The second kappa shape index (κ2) is 6.09. The molecule has 6 nitrogen and oxygen atoms in total. The number of amides is 1. The zero-order valence-corrected chi connectivity index (χ0v) is 12.2. The highest BCUT2D eigenvalue weighted by Gasteiger charge is 2.25. The normalized spacial score (nSPS) is 21.5. The van der Waals surface area contributed by atoms with E-state index >= 15 is 0 Å². The number of benzene rings is 1. The molecule has 1 aromatic rings. The van der Waals surface area contributed by atoms with Gasteiger partial charge >= 0.3 is 0 Å². The van der Waals surface area contributed by atoms with E-state index in [-0.39, 0.29) is 12.9 Å². The quantitative estimate of drug-likeness (QED) is 0.858. The lowest BCUT2D eigenvalue weighted by molar-refractivity contribution is -0.120. The molecular weight excluding hydrogens is 296 g/mol. The molecule has 2 heterocycles. The first kappa shape index (κ1) is 14.4. The molecule has 2 unspecified atom stereocenters. The fraction of sp³-hybridized carbons (Fsp3) is 0.500. The smallest absolute Gasteiger partial charge is 0.239 e. The molecule has 0 spiro atoms. The number of nitrogens with two attached hydrogens (primary N) is 1. The number of rotatable bonds is 5. The van der Waals surface area contributed by atoms with Crippen LogP contribution in [0.4, 0.5) is 0 Å². The van der Waals surface area contributed by atoms with Crippen LogP contribution in [0.3, 0.4) is 0 Å². The Kier molecular flexibility index (Phi) is 4.19. The monoisotopic (exact) mass is 312 g/mol. The van der Waals surface area contributed by atoms with Gasteiger partial charge in [-0.2, -0.15) is 0 Å². The second-order valence-corrected chi connectivity index (χ2v) is 5.52. The molecule has 1 fully saturated rings. The number of ether oxygens (including phenoxy) is 3. The SMILES string of the molecule is NC(=O)C(NCC1CCCO1)c1cc(Cl)c2c(c1)OCO2. The third kappa shape index (κ3) is 3.07. The summed E-state index contributed by atoms with van der Waals surface area (Å²) in [6, 6.07) is 2.76. The molecule has 2 aliphatic rings. The van der Waals surface area contributed by atoms with E-state index in [0.29, 0.717) is 28.6 Å². The number of halogens is 1. The lowest BCUT2D eigenvalue weighted by Crippen LogP contribution is -2.37. The van der Waals surface area contributed by atoms with Gasteiger partial charge in [0.2, 0.25) is 12.7 Å². The molecule has 1 aromatic carbocycles. The summed E-state index contributed by atoms with van der Waals surface area (Å²) < 4.78 is 16.1. The van der Waals surface area contributed by atoms with Crippen molar-refractivity contribution < 1.29 is 19.0 Å². The van der Waals surface area contributed by atoms with Crippen molar-refractivity contribution in [1.29, 1.82) is 0 Å². The van der Waals surface area contributed by atoms with Crippen LogP contribution >= 0.6 is 11.6 Å². The molecule has 0 radical (unpaired) electrons. The maximum Gasteiger partial charge on any atom is 0.239 e. The first-order chi connectivity index (χ1) is 10.1. The number of carbonyl (C=O) groups excluding carboxylic acids is 1. The van der Waals surface area contributed by atoms with Gasteiger partial charge in [-0.3, -0.25) is 10.1 Å².